The van der Waals surface area contributed by atoms with Crippen LogP contribution in [0, 0.1) is 0 Å². The highest BCUT2D eigenvalue weighted by Gasteiger charge is 2.17. The van der Waals surface area contributed by atoms with Gasteiger partial charge in [-0.15, -0.1) is 12.4 Å². The van der Waals surface area contributed by atoms with Crippen LogP contribution in [-0.4, -0.2) is 21.0 Å². The van der Waals surface area contributed by atoms with Crippen molar-refractivity contribution in [1.29, 1.82) is 0 Å². The molecular weight excluding hydrogens is 351 g/mol. The lowest BCUT2D eigenvalue weighted by atomic mass is 10.4. The zero-order valence-electron chi connectivity index (χ0n) is 8.98. The molecule has 0 aliphatic rings. The van der Waals surface area contributed by atoms with Gasteiger partial charge in [0.1, 0.15) is 0 Å². The fourth-order valence-corrected chi connectivity index (χ4v) is 2.80. The maximum Gasteiger partial charge on any atom is 0.240 e. The van der Waals surface area contributed by atoms with Crippen molar-refractivity contribution < 1.29 is 8.42 Å². The molecule has 0 heterocycles. The molecule has 0 bridgehead atoms. The average Bonchev–Trinajstić information content (AvgIpc) is 2.21. The van der Waals surface area contributed by atoms with Gasteiger partial charge >= 0.3 is 0 Å². The van der Waals surface area contributed by atoms with E-state index in [1.165, 1.54) is 12.1 Å². The first-order chi connectivity index (χ1) is 7.36. The van der Waals surface area contributed by atoms with Gasteiger partial charge in [0.2, 0.25) is 10.0 Å². The minimum absolute atomic E-state index is 0. The van der Waals surface area contributed by atoms with E-state index in [0.717, 1.165) is 0 Å². The average molecular weight is 364 g/mol. The van der Waals surface area contributed by atoms with Crippen LogP contribution in [0.2, 0.25) is 5.02 Å². The van der Waals surface area contributed by atoms with Gasteiger partial charge in [-0.2, -0.15) is 0 Å². The third-order valence-electron chi connectivity index (χ3n) is 1.91. The Hall–Kier alpha value is 0.150. The first-order valence-electron chi connectivity index (χ1n) is 4.54. The van der Waals surface area contributed by atoms with Crippen molar-refractivity contribution in [3.05, 3.63) is 27.7 Å². The summed E-state index contributed by atoms with van der Waals surface area (Å²) in [6.45, 7) is 1.93. The van der Waals surface area contributed by atoms with Gasteiger partial charge < -0.3 is 5.73 Å². The summed E-state index contributed by atoms with van der Waals surface area (Å²) < 4.78 is 26.7. The number of sulfonamides is 1. The summed E-state index contributed by atoms with van der Waals surface area (Å²) in [4.78, 5) is 0.126. The Morgan fingerprint density at radius 3 is 2.59 bits per heavy atom. The van der Waals surface area contributed by atoms with Crippen LogP contribution in [0.4, 0.5) is 0 Å². The monoisotopic (exact) mass is 362 g/mol. The quantitative estimate of drug-likeness (QED) is 0.860. The molecule has 3 N–H and O–H groups in total. The minimum Gasteiger partial charge on any atom is -0.329 e. The molecule has 0 saturated heterocycles. The van der Waals surface area contributed by atoms with E-state index in [4.69, 9.17) is 17.3 Å². The molecule has 0 aliphatic carbocycles. The fraction of sp³-hybridized carbons (Fsp3) is 0.333. The SMILES string of the molecule is C[C@@H](CN)NS(=O)(=O)c1ccc(Br)c(Cl)c1.Cl. The van der Waals surface area contributed by atoms with E-state index in [9.17, 15) is 8.42 Å². The molecule has 1 rings (SSSR count). The zero-order chi connectivity index (χ0) is 12.3. The van der Waals surface area contributed by atoms with Crippen LogP contribution in [0.3, 0.4) is 0 Å². The normalized spacial score (nSPS) is 12.9. The van der Waals surface area contributed by atoms with E-state index in [1.807, 2.05) is 0 Å². The highest BCUT2D eigenvalue weighted by atomic mass is 79.9. The third kappa shape index (κ3) is 4.73. The van der Waals surface area contributed by atoms with Gasteiger partial charge in [0.15, 0.2) is 0 Å². The fourth-order valence-electron chi connectivity index (χ4n) is 1.03. The predicted octanol–water partition coefficient (Wildman–Crippen LogP) is 2.15. The van der Waals surface area contributed by atoms with Gasteiger partial charge in [-0.1, -0.05) is 11.6 Å². The number of nitrogens with one attached hydrogen (secondary N) is 1. The van der Waals surface area contributed by atoms with Crippen LogP contribution < -0.4 is 10.5 Å². The molecular formula is C9H13BrCl2N2O2S. The molecule has 1 aromatic carbocycles. The lowest BCUT2D eigenvalue weighted by Gasteiger charge is -2.12. The summed E-state index contributed by atoms with van der Waals surface area (Å²) in [6.07, 6.45) is 0. The molecule has 0 fully saturated rings. The van der Waals surface area contributed by atoms with Crippen LogP contribution in [0.1, 0.15) is 6.92 Å². The van der Waals surface area contributed by atoms with Gasteiger partial charge in [-0.05, 0) is 41.1 Å². The minimum atomic E-state index is -3.55. The van der Waals surface area contributed by atoms with Gasteiger partial charge in [-0.25, -0.2) is 13.1 Å². The molecule has 1 atom stereocenters. The summed E-state index contributed by atoms with van der Waals surface area (Å²) in [5, 5.41) is 0.350. The molecule has 0 radical (unpaired) electrons. The van der Waals surface area contributed by atoms with Crippen LogP contribution >= 0.6 is 39.9 Å². The van der Waals surface area contributed by atoms with Crippen LogP contribution in [0.5, 0.6) is 0 Å². The Labute approximate surface area is 121 Å². The molecule has 17 heavy (non-hydrogen) atoms. The molecule has 0 amide bonds. The number of rotatable bonds is 4. The summed E-state index contributed by atoms with van der Waals surface area (Å²) in [5.41, 5.74) is 5.35. The standard InChI is InChI=1S/C9H12BrClN2O2S.ClH/c1-6(5-12)13-16(14,15)7-2-3-8(10)9(11)4-7;/h2-4,6,13H,5,12H2,1H3;1H/t6-;/m0./s1. The molecule has 8 heteroatoms. The number of benzene rings is 1. The summed E-state index contributed by atoms with van der Waals surface area (Å²) in [7, 11) is -3.55. The van der Waals surface area contributed by atoms with Gasteiger partial charge in [-0.3, -0.25) is 0 Å². The van der Waals surface area contributed by atoms with Crippen molar-refractivity contribution in [2.75, 3.05) is 6.54 Å². The van der Waals surface area contributed by atoms with E-state index in [1.54, 1.807) is 13.0 Å². The molecule has 4 nitrogen and oxygen atoms in total. The van der Waals surface area contributed by atoms with E-state index in [2.05, 4.69) is 20.7 Å². The Morgan fingerprint density at radius 2 is 2.12 bits per heavy atom. The number of hydrogen-bond donors (Lipinski definition) is 2. The Kier molecular flexibility index (Phi) is 6.98. The van der Waals surface area contributed by atoms with Crippen molar-refractivity contribution in [2.45, 2.75) is 17.9 Å². The number of nitrogens with two attached hydrogens (primary N) is 1. The maximum atomic E-state index is 11.8. The zero-order valence-corrected chi connectivity index (χ0v) is 13.0. The smallest absolute Gasteiger partial charge is 0.240 e. The van der Waals surface area contributed by atoms with Crippen molar-refractivity contribution >= 4 is 50.0 Å². The molecule has 0 saturated carbocycles. The molecule has 0 unspecified atom stereocenters. The van der Waals surface area contributed by atoms with Crippen molar-refractivity contribution in [3.63, 3.8) is 0 Å². The highest BCUT2D eigenvalue weighted by molar-refractivity contribution is 9.10. The van der Waals surface area contributed by atoms with E-state index >= 15 is 0 Å². The first kappa shape index (κ1) is 17.2. The van der Waals surface area contributed by atoms with E-state index in [0.29, 0.717) is 9.50 Å². The first-order valence-corrected chi connectivity index (χ1v) is 7.19. The maximum absolute atomic E-state index is 11.8. The van der Waals surface area contributed by atoms with Crippen molar-refractivity contribution in [2.24, 2.45) is 5.73 Å². The molecule has 0 spiro atoms. The lowest BCUT2D eigenvalue weighted by Crippen LogP contribution is -2.37. The van der Waals surface area contributed by atoms with Crippen LogP contribution in [-0.2, 0) is 10.0 Å². The second-order valence-corrected chi connectivity index (χ2v) is 6.31. The molecule has 98 valence electrons. The van der Waals surface area contributed by atoms with E-state index < -0.39 is 10.0 Å². The largest absolute Gasteiger partial charge is 0.329 e. The molecule has 1 aromatic rings. The van der Waals surface area contributed by atoms with Gasteiger partial charge in [0.25, 0.3) is 0 Å². The summed E-state index contributed by atoms with van der Waals surface area (Å²) in [5.74, 6) is 0. The highest BCUT2D eigenvalue weighted by Crippen LogP contribution is 2.25. The summed E-state index contributed by atoms with van der Waals surface area (Å²) >= 11 is 9.02. The number of halogens is 3. The predicted molar refractivity (Wildman–Crippen MR) is 75.2 cm³/mol. The second-order valence-electron chi connectivity index (χ2n) is 3.33. The summed E-state index contributed by atoms with van der Waals surface area (Å²) in [6, 6.07) is 4.13. The van der Waals surface area contributed by atoms with E-state index in [-0.39, 0.29) is 29.9 Å². The Bertz CT molecular complexity index is 482. The van der Waals surface area contributed by atoms with Crippen LogP contribution in [0.25, 0.3) is 0 Å². The lowest BCUT2D eigenvalue weighted by molar-refractivity contribution is 0.562. The van der Waals surface area contributed by atoms with Crippen molar-refractivity contribution in [1.82, 2.24) is 4.72 Å². The van der Waals surface area contributed by atoms with Gasteiger partial charge in [0.05, 0.1) is 9.92 Å². The second kappa shape index (κ2) is 6.92. The molecule has 0 aliphatic heterocycles. The van der Waals surface area contributed by atoms with Crippen molar-refractivity contribution in [3.8, 4) is 0 Å². The molecule has 0 aromatic heterocycles. The van der Waals surface area contributed by atoms with Gasteiger partial charge in [0, 0.05) is 17.1 Å². The number of hydrogen-bond acceptors (Lipinski definition) is 3. The third-order valence-corrected chi connectivity index (χ3v) is 4.73. The Balaban J connectivity index is 0.00000256. The topological polar surface area (TPSA) is 72.2 Å². The Morgan fingerprint density at radius 1 is 1.53 bits per heavy atom. The van der Waals surface area contributed by atoms with Crippen LogP contribution in [0.15, 0.2) is 27.6 Å².